The first-order valence-corrected chi connectivity index (χ1v) is 7.40. The number of hydrogen-bond donors (Lipinski definition) is 4. The van der Waals surface area contributed by atoms with Crippen LogP contribution in [0.1, 0.15) is 15.9 Å². The zero-order valence-electron chi connectivity index (χ0n) is 10.2. The van der Waals surface area contributed by atoms with E-state index in [2.05, 4.69) is 0 Å². The second kappa shape index (κ2) is 4.44. The standard InChI is InChI=1S/C13H11BO5S/c15-13-8-4-1-2-6-10(8)20(18,19)11-7-3-5-9(12(11)13)14(16)17/h1-7,16-19H. The summed E-state index contributed by atoms with van der Waals surface area (Å²) in [5, 5.41) is 18.7. The Kier molecular flexibility index (Phi) is 2.96. The number of benzene rings is 2. The molecular weight excluding hydrogens is 279 g/mol. The van der Waals surface area contributed by atoms with E-state index in [1.165, 1.54) is 30.3 Å². The average molecular weight is 290 g/mol. The van der Waals surface area contributed by atoms with Gasteiger partial charge in [-0.05, 0) is 23.7 Å². The molecule has 1 aliphatic rings. The molecule has 5 nitrogen and oxygen atoms in total. The molecule has 2 aromatic rings. The van der Waals surface area contributed by atoms with E-state index in [1.807, 2.05) is 0 Å². The number of carbonyl (C=O) groups excluding carboxylic acids is 1. The Morgan fingerprint density at radius 3 is 2.25 bits per heavy atom. The molecule has 0 bridgehead atoms. The van der Waals surface area contributed by atoms with E-state index in [4.69, 9.17) is 0 Å². The number of hydrogen-bond acceptors (Lipinski definition) is 5. The molecule has 0 amide bonds. The monoisotopic (exact) mass is 290 g/mol. The van der Waals surface area contributed by atoms with Crippen molar-refractivity contribution in [1.29, 1.82) is 0 Å². The Labute approximate surface area is 117 Å². The summed E-state index contributed by atoms with van der Waals surface area (Å²) in [7, 11) is -5.19. The van der Waals surface area contributed by atoms with Gasteiger partial charge >= 0.3 is 7.12 Å². The van der Waals surface area contributed by atoms with Gasteiger partial charge in [-0.3, -0.25) is 13.9 Å². The van der Waals surface area contributed by atoms with Crippen LogP contribution in [0.3, 0.4) is 0 Å². The number of ketones is 1. The molecule has 0 atom stereocenters. The maximum absolute atomic E-state index is 12.5. The summed E-state index contributed by atoms with van der Waals surface area (Å²) in [5.74, 6) is -0.439. The average Bonchev–Trinajstić information content (AvgIpc) is 2.44. The first-order valence-electron chi connectivity index (χ1n) is 5.85. The highest BCUT2D eigenvalue weighted by Crippen LogP contribution is 2.60. The lowest BCUT2D eigenvalue weighted by Crippen LogP contribution is -2.37. The Balaban J connectivity index is 2.37. The highest BCUT2D eigenvalue weighted by atomic mass is 32.3. The molecule has 0 spiro atoms. The largest absolute Gasteiger partial charge is 0.489 e. The second-order valence-electron chi connectivity index (χ2n) is 4.47. The number of rotatable bonds is 1. The van der Waals surface area contributed by atoms with Crippen LogP contribution in [-0.4, -0.2) is 32.1 Å². The van der Waals surface area contributed by atoms with Crippen LogP contribution in [0.5, 0.6) is 0 Å². The van der Waals surface area contributed by atoms with Crippen LogP contribution in [0.4, 0.5) is 0 Å². The van der Waals surface area contributed by atoms with Crippen LogP contribution >= 0.6 is 10.6 Å². The van der Waals surface area contributed by atoms with Crippen LogP contribution in [0.2, 0.25) is 0 Å². The molecule has 0 fully saturated rings. The summed E-state index contributed by atoms with van der Waals surface area (Å²) in [6, 6.07) is 10.5. The lowest BCUT2D eigenvalue weighted by Gasteiger charge is -2.39. The Hall–Kier alpha value is -1.64. The van der Waals surface area contributed by atoms with Crippen LogP contribution < -0.4 is 5.46 Å². The van der Waals surface area contributed by atoms with Gasteiger partial charge in [-0.2, -0.15) is 0 Å². The molecule has 4 N–H and O–H groups in total. The topological polar surface area (TPSA) is 98.0 Å². The van der Waals surface area contributed by atoms with E-state index in [0.29, 0.717) is 0 Å². The normalized spacial score (nSPS) is 17.1. The minimum Gasteiger partial charge on any atom is -0.423 e. The van der Waals surface area contributed by atoms with Gasteiger partial charge in [-0.1, -0.05) is 24.3 Å². The van der Waals surface area contributed by atoms with Gasteiger partial charge in [0.25, 0.3) is 0 Å². The third-order valence-electron chi connectivity index (χ3n) is 3.31. The number of carbonyl (C=O) groups is 1. The molecule has 0 saturated heterocycles. The molecule has 102 valence electrons. The first kappa shape index (κ1) is 13.4. The maximum Gasteiger partial charge on any atom is 0.489 e. The molecule has 0 aliphatic carbocycles. The Morgan fingerprint density at radius 2 is 1.55 bits per heavy atom. The van der Waals surface area contributed by atoms with Crippen molar-refractivity contribution in [2.75, 3.05) is 0 Å². The molecule has 2 aromatic carbocycles. The fourth-order valence-corrected chi connectivity index (χ4v) is 4.14. The van der Waals surface area contributed by atoms with Crippen molar-refractivity contribution in [3.8, 4) is 0 Å². The zero-order chi connectivity index (χ0) is 14.5. The van der Waals surface area contributed by atoms with Crippen molar-refractivity contribution in [2.45, 2.75) is 9.79 Å². The van der Waals surface area contributed by atoms with E-state index in [1.54, 1.807) is 12.1 Å². The summed E-state index contributed by atoms with van der Waals surface area (Å²) < 4.78 is 20.9. The van der Waals surface area contributed by atoms with Crippen molar-refractivity contribution < 1.29 is 23.9 Å². The summed E-state index contributed by atoms with van der Waals surface area (Å²) in [5.41, 5.74) is 0.108. The van der Waals surface area contributed by atoms with Gasteiger partial charge in [-0.15, -0.1) is 10.6 Å². The van der Waals surface area contributed by atoms with Gasteiger partial charge in [-0.25, -0.2) is 0 Å². The van der Waals surface area contributed by atoms with Crippen LogP contribution in [0, 0.1) is 0 Å². The second-order valence-corrected chi connectivity index (χ2v) is 6.45. The predicted molar refractivity (Wildman–Crippen MR) is 75.5 cm³/mol. The van der Waals surface area contributed by atoms with Crippen molar-refractivity contribution in [2.24, 2.45) is 0 Å². The fraction of sp³-hybridized carbons (Fsp3) is 0. The molecule has 0 aromatic heterocycles. The fourth-order valence-electron chi connectivity index (χ4n) is 2.40. The van der Waals surface area contributed by atoms with Gasteiger partial charge in [0.2, 0.25) is 0 Å². The summed E-state index contributed by atoms with van der Waals surface area (Å²) >= 11 is 0. The van der Waals surface area contributed by atoms with Crippen molar-refractivity contribution in [1.82, 2.24) is 0 Å². The minimum atomic E-state index is -3.33. The minimum absolute atomic E-state index is 0.0259. The summed E-state index contributed by atoms with van der Waals surface area (Å²) in [6.45, 7) is 0. The molecule has 20 heavy (non-hydrogen) atoms. The molecule has 1 aliphatic heterocycles. The zero-order valence-corrected chi connectivity index (χ0v) is 11.0. The predicted octanol–water partition coefficient (Wildman–Crippen LogP) is 1.08. The third kappa shape index (κ3) is 1.72. The highest BCUT2D eigenvalue weighted by molar-refractivity contribution is 8.24. The van der Waals surface area contributed by atoms with Crippen molar-refractivity contribution in [3.05, 3.63) is 53.6 Å². The van der Waals surface area contributed by atoms with E-state index in [-0.39, 0.29) is 26.4 Å². The van der Waals surface area contributed by atoms with E-state index < -0.39 is 23.5 Å². The van der Waals surface area contributed by atoms with Crippen LogP contribution in [0.25, 0.3) is 0 Å². The SMILES string of the molecule is O=C1c2ccccc2S(O)(O)c2cccc(B(O)O)c21. The van der Waals surface area contributed by atoms with Crippen LogP contribution in [-0.2, 0) is 0 Å². The van der Waals surface area contributed by atoms with Gasteiger partial charge < -0.3 is 10.0 Å². The lowest BCUT2D eigenvalue weighted by molar-refractivity contribution is 0.103. The van der Waals surface area contributed by atoms with Crippen molar-refractivity contribution >= 4 is 29.0 Å². The molecule has 0 radical (unpaired) electrons. The smallest absolute Gasteiger partial charge is 0.423 e. The molecule has 0 unspecified atom stereocenters. The maximum atomic E-state index is 12.5. The van der Waals surface area contributed by atoms with Gasteiger partial charge in [0, 0.05) is 11.1 Å². The third-order valence-corrected chi connectivity index (χ3v) is 5.23. The van der Waals surface area contributed by atoms with Crippen molar-refractivity contribution in [3.63, 3.8) is 0 Å². The molecule has 7 heteroatoms. The van der Waals surface area contributed by atoms with Gasteiger partial charge in [0.15, 0.2) is 5.78 Å². The molecule has 3 rings (SSSR count). The number of fused-ring (bicyclic) bond motifs is 2. The van der Waals surface area contributed by atoms with E-state index in [0.717, 1.165) is 0 Å². The first-order chi connectivity index (χ1) is 9.44. The summed E-state index contributed by atoms with van der Waals surface area (Å²) in [6.07, 6.45) is 0. The lowest BCUT2D eigenvalue weighted by atomic mass is 9.75. The van der Waals surface area contributed by atoms with Gasteiger partial charge in [0.05, 0.1) is 9.79 Å². The summed E-state index contributed by atoms with van der Waals surface area (Å²) in [4.78, 5) is 12.7. The Morgan fingerprint density at radius 1 is 0.900 bits per heavy atom. The highest BCUT2D eigenvalue weighted by Gasteiger charge is 2.37. The van der Waals surface area contributed by atoms with E-state index >= 15 is 0 Å². The Bertz CT molecular complexity index is 714. The van der Waals surface area contributed by atoms with E-state index in [9.17, 15) is 23.9 Å². The molecule has 1 heterocycles. The molecule has 0 saturated carbocycles. The molecular formula is C13H11BO5S. The van der Waals surface area contributed by atoms with Gasteiger partial charge in [0.1, 0.15) is 0 Å². The quantitative estimate of drug-likeness (QED) is 0.589. The van der Waals surface area contributed by atoms with Crippen LogP contribution in [0.15, 0.2) is 52.3 Å².